The summed E-state index contributed by atoms with van der Waals surface area (Å²) < 4.78 is 0. The molecule has 0 aromatic rings. The molecular formula is C9H18N2O2. The van der Waals surface area contributed by atoms with Gasteiger partial charge < -0.3 is 5.11 Å². The van der Waals surface area contributed by atoms with E-state index >= 15 is 0 Å². The van der Waals surface area contributed by atoms with Gasteiger partial charge in [-0.15, -0.1) is 0 Å². The third-order valence-corrected chi connectivity index (χ3v) is 3.31. The normalized spacial score (nSPS) is 34.5. The molecule has 4 nitrogen and oxygen atoms in total. The largest absolute Gasteiger partial charge is 0.481 e. The minimum absolute atomic E-state index is 0.305. The van der Waals surface area contributed by atoms with Gasteiger partial charge in [-0.2, -0.15) is 0 Å². The van der Waals surface area contributed by atoms with Gasteiger partial charge in [0, 0.05) is 6.04 Å². The minimum Gasteiger partial charge on any atom is -0.481 e. The van der Waals surface area contributed by atoms with Crippen molar-refractivity contribution < 1.29 is 9.90 Å². The first-order chi connectivity index (χ1) is 6.14. The lowest BCUT2D eigenvalue weighted by molar-refractivity contribution is -0.151. The van der Waals surface area contributed by atoms with Crippen molar-refractivity contribution in [3.8, 4) is 0 Å². The second kappa shape index (κ2) is 4.07. The molecule has 4 N–H and O–H groups in total. The molecule has 0 spiro atoms. The lowest BCUT2D eigenvalue weighted by Crippen LogP contribution is -2.43. The zero-order valence-corrected chi connectivity index (χ0v) is 8.05. The third kappa shape index (κ3) is 2.00. The average molecular weight is 186 g/mol. The van der Waals surface area contributed by atoms with Gasteiger partial charge >= 0.3 is 5.97 Å². The van der Waals surface area contributed by atoms with Gasteiger partial charge in [-0.05, 0) is 32.1 Å². The number of nitrogens with one attached hydrogen (secondary N) is 1. The van der Waals surface area contributed by atoms with Crippen LogP contribution in [0.2, 0.25) is 0 Å². The van der Waals surface area contributed by atoms with Crippen LogP contribution in [0, 0.1) is 5.41 Å². The van der Waals surface area contributed by atoms with E-state index in [4.69, 9.17) is 10.9 Å². The van der Waals surface area contributed by atoms with Crippen LogP contribution in [-0.2, 0) is 4.79 Å². The Kier molecular flexibility index (Phi) is 3.27. The maximum Gasteiger partial charge on any atom is 0.309 e. The molecule has 1 aliphatic rings. The van der Waals surface area contributed by atoms with Crippen LogP contribution in [-0.4, -0.2) is 17.1 Å². The Morgan fingerprint density at radius 1 is 1.62 bits per heavy atom. The highest BCUT2D eigenvalue weighted by atomic mass is 16.4. The fraction of sp³-hybridized carbons (Fsp3) is 0.889. The molecule has 0 amide bonds. The smallest absolute Gasteiger partial charge is 0.309 e. The van der Waals surface area contributed by atoms with Crippen LogP contribution in [0.3, 0.4) is 0 Å². The van der Waals surface area contributed by atoms with Crippen LogP contribution in [0.1, 0.15) is 39.0 Å². The van der Waals surface area contributed by atoms with E-state index in [1.807, 2.05) is 6.92 Å². The molecule has 0 saturated heterocycles. The van der Waals surface area contributed by atoms with Crippen molar-refractivity contribution in [3.63, 3.8) is 0 Å². The molecule has 0 bridgehead atoms. The van der Waals surface area contributed by atoms with Crippen LogP contribution in [0.4, 0.5) is 0 Å². The van der Waals surface area contributed by atoms with Crippen molar-refractivity contribution in [2.45, 2.75) is 45.1 Å². The Labute approximate surface area is 78.5 Å². The number of hydrogen-bond acceptors (Lipinski definition) is 3. The van der Waals surface area contributed by atoms with Gasteiger partial charge in [0.05, 0.1) is 5.41 Å². The van der Waals surface area contributed by atoms with E-state index in [-0.39, 0.29) is 0 Å². The predicted octanol–water partition coefficient (Wildman–Crippen LogP) is 0.873. The van der Waals surface area contributed by atoms with Gasteiger partial charge in [-0.3, -0.25) is 16.1 Å². The summed E-state index contributed by atoms with van der Waals surface area (Å²) in [7, 11) is 0. The van der Waals surface area contributed by atoms with E-state index < -0.39 is 11.4 Å². The number of hydrazine groups is 1. The van der Waals surface area contributed by atoms with Crippen molar-refractivity contribution in [2.24, 2.45) is 11.3 Å². The molecule has 1 fully saturated rings. The van der Waals surface area contributed by atoms with Gasteiger partial charge in [0.25, 0.3) is 0 Å². The molecule has 0 aromatic heterocycles. The van der Waals surface area contributed by atoms with Crippen LogP contribution in [0.15, 0.2) is 0 Å². The summed E-state index contributed by atoms with van der Waals surface area (Å²) in [5.74, 6) is 4.66. The van der Waals surface area contributed by atoms with Crippen molar-refractivity contribution in [2.75, 3.05) is 0 Å². The van der Waals surface area contributed by atoms with Gasteiger partial charge in [0.2, 0.25) is 0 Å². The molecule has 0 unspecified atom stereocenters. The zero-order chi connectivity index (χ0) is 9.90. The molecule has 1 rings (SSSR count). The number of carbonyl (C=O) groups is 1. The standard InChI is InChI=1S/C9H18N2O2/c1-2-9(8(12)13)5-3-7(11-10)4-6-9/h7,11H,2-6,10H2,1H3,(H,12,13). The summed E-state index contributed by atoms with van der Waals surface area (Å²) in [5.41, 5.74) is 2.23. The number of carboxylic acid groups (broad SMARTS) is 1. The summed E-state index contributed by atoms with van der Waals surface area (Å²) in [6.07, 6.45) is 3.95. The molecule has 76 valence electrons. The fourth-order valence-electron chi connectivity index (χ4n) is 2.06. The van der Waals surface area contributed by atoms with Crippen molar-refractivity contribution in [3.05, 3.63) is 0 Å². The quantitative estimate of drug-likeness (QED) is 0.451. The highest BCUT2D eigenvalue weighted by Crippen LogP contribution is 2.39. The lowest BCUT2D eigenvalue weighted by Gasteiger charge is -2.35. The molecule has 0 aliphatic heterocycles. The number of carboxylic acids is 1. The zero-order valence-electron chi connectivity index (χ0n) is 8.05. The van der Waals surface area contributed by atoms with Crippen molar-refractivity contribution in [1.82, 2.24) is 5.43 Å². The third-order valence-electron chi connectivity index (χ3n) is 3.31. The van der Waals surface area contributed by atoms with E-state index in [0.717, 1.165) is 32.1 Å². The van der Waals surface area contributed by atoms with Gasteiger partial charge in [0.15, 0.2) is 0 Å². The molecule has 0 aromatic carbocycles. The summed E-state index contributed by atoms with van der Waals surface area (Å²) in [6, 6.07) is 0.305. The van der Waals surface area contributed by atoms with Crippen LogP contribution in [0.25, 0.3) is 0 Å². The summed E-state index contributed by atoms with van der Waals surface area (Å²) in [4.78, 5) is 11.1. The van der Waals surface area contributed by atoms with Gasteiger partial charge in [-0.25, -0.2) is 0 Å². The Morgan fingerprint density at radius 2 is 2.15 bits per heavy atom. The summed E-state index contributed by atoms with van der Waals surface area (Å²) in [6.45, 7) is 1.95. The van der Waals surface area contributed by atoms with E-state index in [2.05, 4.69) is 5.43 Å². The highest BCUT2D eigenvalue weighted by Gasteiger charge is 2.39. The minimum atomic E-state index is -0.648. The lowest BCUT2D eigenvalue weighted by atomic mass is 9.71. The predicted molar refractivity (Wildman–Crippen MR) is 49.9 cm³/mol. The maximum atomic E-state index is 11.1. The first-order valence-corrected chi connectivity index (χ1v) is 4.84. The first kappa shape index (κ1) is 10.5. The Morgan fingerprint density at radius 3 is 2.46 bits per heavy atom. The van der Waals surface area contributed by atoms with Crippen molar-refractivity contribution >= 4 is 5.97 Å². The summed E-state index contributed by atoms with van der Waals surface area (Å²) in [5, 5.41) is 9.10. The Bertz CT molecular complexity index is 186. The number of hydrogen-bond donors (Lipinski definition) is 3. The molecule has 0 atom stereocenters. The van der Waals surface area contributed by atoms with E-state index in [0.29, 0.717) is 6.04 Å². The second-order valence-electron chi connectivity index (χ2n) is 3.88. The van der Waals surface area contributed by atoms with Crippen LogP contribution in [0.5, 0.6) is 0 Å². The first-order valence-electron chi connectivity index (χ1n) is 4.84. The average Bonchev–Trinajstić information content (AvgIpc) is 2.17. The van der Waals surface area contributed by atoms with E-state index in [9.17, 15) is 4.79 Å². The fourth-order valence-corrected chi connectivity index (χ4v) is 2.06. The van der Waals surface area contributed by atoms with Crippen molar-refractivity contribution in [1.29, 1.82) is 0 Å². The summed E-state index contributed by atoms with van der Waals surface area (Å²) >= 11 is 0. The van der Waals surface area contributed by atoms with Gasteiger partial charge in [-0.1, -0.05) is 6.92 Å². The molecule has 0 radical (unpaired) electrons. The molecular weight excluding hydrogens is 168 g/mol. The SMILES string of the molecule is CCC1(C(=O)O)CCC(NN)CC1. The molecule has 1 saturated carbocycles. The molecule has 1 aliphatic carbocycles. The Balaban J connectivity index is 2.58. The number of aliphatic carboxylic acids is 1. The molecule has 13 heavy (non-hydrogen) atoms. The number of rotatable bonds is 3. The topological polar surface area (TPSA) is 75.3 Å². The second-order valence-corrected chi connectivity index (χ2v) is 3.88. The van der Waals surface area contributed by atoms with E-state index in [1.54, 1.807) is 0 Å². The Hall–Kier alpha value is -0.610. The molecule has 0 heterocycles. The van der Waals surface area contributed by atoms with Gasteiger partial charge in [0.1, 0.15) is 0 Å². The van der Waals surface area contributed by atoms with Crippen LogP contribution >= 0.6 is 0 Å². The van der Waals surface area contributed by atoms with Crippen LogP contribution < -0.4 is 11.3 Å². The maximum absolute atomic E-state index is 11.1. The monoisotopic (exact) mass is 186 g/mol. The molecule has 4 heteroatoms. The van der Waals surface area contributed by atoms with E-state index in [1.165, 1.54) is 0 Å². The highest BCUT2D eigenvalue weighted by molar-refractivity contribution is 5.74. The number of nitrogens with two attached hydrogens (primary N) is 1.